The molecule has 3 rings (SSSR count). The minimum absolute atomic E-state index is 0.101. The van der Waals surface area contributed by atoms with E-state index < -0.39 is 0 Å². The highest BCUT2D eigenvalue weighted by Gasteiger charge is 2.13. The molecule has 0 saturated heterocycles. The summed E-state index contributed by atoms with van der Waals surface area (Å²) in [6.45, 7) is 4.07. The van der Waals surface area contributed by atoms with Gasteiger partial charge in [-0.25, -0.2) is 4.98 Å². The van der Waals surface area contributed by atoms with Gasteiger partial charge in [-0.3, -0.25) is 9.36 Å². The molecule has 0 amide bonds. The summed E-state index contributed by atoms with van der Waals surface area (Å²) in [5.41, 5.74) is 0.594. The van der Waals surface area contributed by atoms with Crippen molar-refractivity contribution in [2.45, 2.75) is 32.9 Å². The maximum atomic E-state index is 12.6. The van der Waals surface area contributed by atoms with Crippen LogP contribution in [0.3, 0.4) is 0 Å². The Hall–Kier alpha value is -2.54. The van der Waals surface area contributed by atoms with Crippen molar-refractivity contribution in [3.63, 3.8) is 0 Å². The average molecular weight is 313 g/mol. The predicted molar refractivity (Wildman–Crippen MR) is 86.4 cm³/mol. The summed E-state index contributed by atoms with van der Waals surface area (Å²) >= 11 is 0. The number of hydrogen-bond donors (Lipinski definition) is 1. The minimum atomic E-state index is -0.101. The SMILES string of the molecule is CNC(C)Cc1noc(Cn2c(C)nc3ccccc3c2=O)n1. The molecule has 1 aromatic carbocycles. The summed E-state index contributed by atoms with van der Waals surface area (Å²) < 4.78 is 6.82. The molecule has 1 atom stereocenters. The normalized spacial score (nSPS) is 12.7. The van der Waals surface area contributed by atoms with E-state index in [4.69, 9.17) is 4.52 Å². The molecule has 23 heavy (non-hydrogen) atoms. The molecule has 1 unspecified atom stereocenters. The third-order valence-corrected chi connectivity index (χ3v) is 3.84. The number of nitrogens with zero attached hydrogens (tertiary/aromatic N) is 4. The summed E-state index contributed by atoms with van der Waals surface area (Å²) in [7, 11) is 1.88. The van der Waals surface area contributed by atoms with Gasteiger partial charge < -0.3 is 9.84 Å². The van der Waals surface area contributed by atoms with Crippen LogP contribution in [0.2, 0.25) is 0 Å². The van der Waals surface area contributed by atoms with Gasteiger partial charge in [0.1, 0.15) is 12.4 Å². The molecule has 3 aromatic rings. The fraction of sp³-hybridized carbons (Fsp3) is 0.375. The largest absolute Gasteiger partial charge is 0.337 e. The summed E-state index contributed by atoms with van der Waals surface area (Å²) in [5, 5.41) is 7.67. The molecule has 0 spiro atoms. The maximum absolute atomic E-state index is 12.6. The third-order valence-electron chi connectivity index (χ3n) is 3.84. The van der Waals surface area contributed by atoms with E-state index in [1.165, 1.54) is 0 Å². The number of rotatable bonds is 5. The van der Waals surface area contributed by atoms with E-state index in [1.54, 1.807) is 17.6 Å². The number of benzene rings is 1. The first-order valence-electron chi connectivity index (χ1n) is 7.53. The number of hydrogen-bond acceptors (Lipinski definition) is 6. The van der Waals surface area contributed by atoms with Crippen LogP contribution in [0.4, 0.5) is 0 Å². The van der Waals surface area contributed by atoms with Crippen molar-refractivity contribution in [1.29, 1.82) is 0 Å². The van der Waals surface area contributed by atoms with E-state index in [0.717, 1.165) is 0 Å². The Kier molecular flexibility index (Phi) is 4.20. The molecule has 1 N–H and O–H groups in total. The number of likely N-dealkylation sites (N-methyl/N-ethyl adjacent to an activating group) is 1. The minimum Gasteiger partial charge on any atom is -0.337 e. The molecule has 0 aliphatic heterocycles. The van der Waals surface area contributed by atoms with Gasteiger partial charge in [0, 0.05) is 12.5 Å². The Bertz CT molecular complexity index is 884. The number of aromatic nitrogens is 4. The van der Waals surface area contributed by atoms with Crippen molar-refractivity contribution in [2.24, 2.45) is 0 Å². The van der Waals surface area contributed by atoms with Crippen LogP contribution in [0.5, 0.6) is 0 Å². The van der Waals surface area contributed by atoms with Crippen LogP contribution in [0.25, 0.3) is 10.9 Å². The van der Waals surface area contributed by atoms with Crippen LogP contribution in [-0.2, 0) is 13.0 Å². The fourth-order valence-electron chi connectivity index (χ4n) is 2.41. The maximum Gasteiger partial charge on any atom is 0.261 e. The lowest BCUT2D eigenvalue weighted by Crippen LogP contribution is -2.25. The van der Waals surface area contributed by atoms with Gasteiger partial charge in [-0.15, -0.1) is 0 Å². The highest BCUT2D eigenvalue weighted by molar-refractivity contribution is 5.77. The van der Waals surface area contributed by atoms with Crippen LogP contribution in [-0.4, -0.2) is 32.8 Å². The number of para-hydroxylation sites is 1. The van der Waals surface area contributed by atoms with E-state index in [9.17, 15) is 4.79 Å². The molecule has 0 aliphatic rings. The molecule has 0 saturated carbocycles. The summed E-state index contributed by atoms with van der Waals surface area (Å²) in [6.07, 6.45) is 0.670. The summed E-state index contributed by atoms with van der Waals surface area (Å²) in [4.78, 5) is 21.4. The van der Waals surface area contributed by atoms with E-state index in [1.807, 2.05) is 32.2 Å². The van der Waals surface area contributed by atoms with Gasteiger partial charge in [-0.1, -0.05) is 17.3 Å². The van der Waals surface area contributed by atoms with Crippen LogP contribution in [0.15, 0.2) is 33.6 Å². The van der Waals surface area contributed by atoms with Crippen LogP contribution in [0, 0.1) is 6.92 Å². The van der Waals surface area contributed by atoms with Crippen molar-refractivity contribution < 1.29 is 4.52 Å². The molecule has 7 heteroatoms. The number of fused-ring (bicyclic) bond motifs is 1. The lowest BCUT2D eigenvalue weighted by atomic mass is 10.2. The van der Waals surface area contributed by atoms with Crippen molar-refractivity contribution in [3.8, 4) is 0 Å². The van der Waals surface area contributed by atoms with E-state index in [-0.39, 0.29) is 18.1 Å². The second-order valence-electron chi connectivity index (χ2n) is 5.57. The van der Waals surface area contributed by atoms with Gasteiger partial charge in [-0.2, -0.15) is 4.98 Å². The highest BCUT2D eigenvalue weighted by Crippen LogP contribution is 2.09. The molecular weight excluding hydrogens is 294 g/mol. The molecular formula is C16H19N5O2. The van der Waals surface area contributed by atoms with Crippen LogP contribution >= 0.6 is 0 Å². The fourth-order valence-corrected chi connectivity index (χ4v) is 2.41. The molecule has 0 fully saturated rings. The monoisotopic (exact) mass is 313 g/mol. The van der Waals surface area contributed by atoms with Gasteiger partial charge in [0.25, 0.3) is 5.56 Å². The summed E-state index contributed by atoms with van der Waals surface area (Å²) in [5.74, 6) is 1.66. The Morgan fingerprint density at radius 3 is 2.87 bits per heavy atom. The quantitative estimate of drug-likeness (QED) is 0.764. The third kappa shape index (κ3) is 3.14. The first kappa shape index (κ1) is 15.4. The van der Waals surface area contributed by atoms with Gasteiger partial charge in [0.15, 0.2) is 5.82 Å². The number of aryl methyl sites for hydroxylation is 1. The highest BCUT2D eigenvalue weighted by atomic mass is 16.5. The van der Waals surface area contributed by atoms with Crippen LogP contribution in [0.1, 0.15) is 24.5 Å². The number of nitrogens with one attached hydrogen (secondary N) is 1. The van der Waals surface area contributed by atoms with Gasteiger partial charge in [-0.05, 0) is 33.0 Å². The van der Waals surface area contributed by atoms with Gasteiger partial charge in [0.2, 0.25) is 5.89 Å². The van der Waals surface area contributed by atoms with E-state index in [0.29, 0.717) is 34.9 Å². The predicted octanol–water partition coefficient (Wildman–Crippen LogP) is 1.29. The molecule has 0 bridgehead atoms. The average Bonchev–Trinajstić information content (AvgIpc) is 2.98. The van der Waals surface area contributed by atoms with Gasteiger partial charge in [0.05, 0.1) is 10.9 Å². The molecule has 2 aromatic heterocycles. The Morgan fingerprint density at radius 1 is 1.30 bits per heavy atom. The smallest absolute Gasteiger partial charge is 0.261 e. The second kappa shape index (κ2) is 6.29. The van der Waals surface area contributed by atoms with Gasteiger partial charge >= 0.3 is 0 Å². The topological polar surface area (TPSA) is 85.8 Å². The first-order chi connectivity index (χ1) is 11.1. The molecule has 0 aliphatic carbocycles. The lowest BCUT2D eigenvalue weighted by Gasteiger charge is -2.08. The zero-order valence-electron chi connectivity index (χ0n) is 13.4. The van der Waals surface area contributed by atoms with E-state index in [2.05, 4.69) is 20.4 Å². The zero-order valence-corrected chi connectivity index (χ0v) is 13.4. The van der Waals surface area contributed by atoms with Crippen LogP contribution < -0.4 is 10.9 Å². The van der Waals surface area contributed by atoms with Crippen molar-refractivity contribution in [1.82, 2.24) is 25.0 Å². The van der Waals surface area contributed by atoms with Crippen molar-refractivity contribution >= 4 is 10.9 Å². The van der Waals surface area contributed by atoms with E-state index >= 15 is 0 Å². The lowest BCUT2D eigenvalue weighted by molar-refractivity contribution is 0.362. The molecule has 0 radical (unpaired) electrons. The second-order valence-corrected chi connectivity index (χ2v) is 5.57. The Morgan fingerprint density at radius 2 is 2.09 bits per heavy atom. The molecule has 2 heterocycles. The van der Waals surface area contributed by atoms with Crippen molar-refractivity contribution in [3.05, 3.63) is 52.2 Å². The standard InChI is InChI=1S/C16H19N5O2/c1-10(17-3)8-14-19-15(23-20-14)9-21-11(2)18-13-7-5-4-6-12(13)16(21)22/h4-7,10,17H,8-9H2,1-3H3. The first-order valence-corrected chi connectivity index (χ1v) is 7.53. The molecule has 7 nitrogen and oxygen atoms in total. The molecule has 120 valence electrons. The Labute approximate surface area is 133 Å². The van der Waals surface area contributed by atoms with Crippen molar-refractivity contribution in [2.75, 3.05) is 7.05 Å². The Balaban J connectivity index is 1.91. The summed E-state index contributed by atoms with van der Waals surface area (Å²) in [6, 6.07) is 7.56. The zero-order chi connectivity index (χ0) is 16.4.